The highest BCUT2D eigenvalue weighted by molar-refractivity contribution is 5.77. The van der Waals surface area contributed by atoms with E-state index in [0.717, 1.165) is 16.6 Å². The molecule has 1 unspecified atom stereocenters. The Morgan fingerprint density at radius 3 is 2.50 bits per heavy atom. The number of hydrogen-bond acceptors (Lipinski definition) is 4. The van der Waals surface area contributed by atoms with Gasteiger partial charge >= 0.3 is 6.18 Å². The molecule has 0 aliphatic heterocycles. The Morgan fingerprint density at radius 2 is 2.04 bits per heavy atom. The predicted molar refractivity (Wildman–Crippen MR) is 81.6 cm³/mol. The van der Waals surface area contributed by atoms with Crippen molar-refractivity contribution in [3.8, 4) is 11.5 Å². The molecule has 0 saturated carbocycles. The van der Waals surface area contributed by atoms with E-state index in [0.29, 0.717) is 0 Å². The first-order valence-corrected chi connectivity index (χ1v) is 7.54. The number of carbonyl (C=O) groups excluding carboxylic acids is 1. The zero-order chi connectivity index (χ0) is 17.9. The summed E-state index contributed by atoms with van der Waals surface area (Å²) in [6.45, 7) is 5.50. The lowest BCUT2D eigenvalue weighted by atomic mass is 10.2. The van der Waals surface area contributed by atoms with Crippen LogP contribution < -0.4 is 0 Å². The number of pyridine rings is 1. The molecule has 2 aromatic rings. The third kappa shape index (κ3) is 3.48. The first kappa shape index (κ1) is 18.1. The number of aromatic nitrogens is 3. The largest absolute Gasteiger partial charge is 0.435 e. The third-order valence-electron chi connectivity index (χ3n) is 3.56. The van der Waals surface area contributed by atoms with Crippen molar-refractivity contribution < 1.29 is 22.7 Å². The molecule has 24 heavy (non-hydrogen) atoms. The van der Waals surface area contributed by atoms with E-state index >= 15 is 0 Å². The molecule has 130 valence electrons. The standard InChI is InChI=1S/C16H18F3N3O2/c1-4-11-6-7-12(20-8-11)15-21-14(16(17,18)19)13(9-23)22(15)10(3)24-5-2/h6-10H,4-5H2,1-3H3. The molecule has 2 aromatic heterocycles. The zero-order valence-corrected chi connectivity index (χ0v) is 13.6. The van der Waals surface area contributed by atoms with Crippen LogP contribution in [0.25, 0.3) is 11.5 Å². The first-order chi connectivity index (χ1) is 11.3. The molecule has 0 fully saturated rings. The molecular weight excluding hydrogens is 323 g/mol. The summed E-state index contributed by atoms with van der Waals surface area (Å²) < 4.78 is 46.2. The molecule has 2 rings (SSSR count). The first-order valence-electron chi connectivity index (χ1n) is 7.54. The summed E-state index contributed by atoms with van der Waals surface area (Å²) in [4.78, 5) is 19.1. The second-order valence-corrected chi connectivity index (χ2v) is 5.11. The average molecular weight is 341 g/mol. The van der Waals surface area contributed by atoms with Gasteiger partial charge in [0.15, 0.2) is 17.8 Å². The van der Waals surface area contributed by atoms with Crippen molar-refractivity contribution in [2.45, 2.75) is 39.6 Å². The Labute approximate surface area is 137 Å². The van der Waals surface area contributed by atoms with Crippen LogP contribution in [0.4, 0.5) is 13.2 Å². The molecule has 0 amide bonds. The van der Waals surface area contributed by atoms with Crippen LogP contribution in [-0.4, -0.2) is 27.4 Å². The van der Waals surface area contributed by atoms with Crippen molar-refractivity contribution in [1.82, 2.24) is 14.5 Å². The van der Waals surface area contributed by atoms with E-state index in [4.69, 9.17) is 4.74 Å². The van der Waals surface area contributed by atoms with Crippen molar-refractivity contribution in [2.24, 2.45) is 0 Å². The minimum Gasteiger partial charge on any atom is -0.359 e. The maximum atomic E-state index is 13.2. The van der Waals surface area contributed by atoms with Gasteiger partial charge in [-0.05, 0) is 31.9 Å². The second-order valence-electron chi connectivity index (χ2n) is 5.11. The minimum atomic E-state index is -4.74. The van der Waals surface area contributed by atoms with Gasteiger partial charge in [0, 0.05) is 12.8 Å². The molecule has 0 N–H and O–H groups in total. The molecule has 0 aliphatic rings. The summed E-state index contributed by atoms with van der Waals surface area (Å²) in [5, 5.41) is 0. The molecule has 0 aliphatic carbocycles. The lowest BCUT2D eigenvalue weighted by Gasteiger charge is -2.17. The van der Waals surface area contributed by atoms with Gasteiger partial charge in [-0.2, -0.15) is 13.2 Å². The van der Waals surface area contributed by atoms with Gasteiger partial charge in [0.2, 0.25) is 0 Å². The predicted octanol–water partition coefficient (Wildman–Crippen LogP) is 3.89. The number of hydrogen-bond donors (Lipinski definition) is 0. The maximum absolute atomic E-state index is 13.2. The monoisotopic (exact) mass is 341 g/mol. The molecule has 0 aromatic carbocycles. The van der Waals surface area contributed by atoms with E-state index in [9.17, 15) is 18.0 Å². The fraction of sp³-hybridized carbons (Fsp3) is 0.438. The summed E-state index contributed by atoms with van der Waals surface area (Å²) >= 11 is 0. The highest BCUT2D eigenvalue weighted by Gasteiger charge is 2.40. The number of ether oxygens (including phenoxy) is 1. The van der Waals surface area contributed by atoms with Crippen LogP contribution >= 0.6 is 0 Å². The normalized spacial score (nSPS) is 13.1. The van der Waals surface area contributed by atoms with Crippen LogP contribution in [0.1, 0.15) is 48.7 Å². The van der Waals surface area contributed by atoms with E-state index in [1.165, 1.54) is 0 Å². The van der Waals surface area contributed by atoms with Gasteiger partial charge in [0.25, 0.3) is 0 Å². The Morgan fingerprint density at radius 1 is 1.33 bits per heavy atom. The quantitative estimate of drug-likeness (QED) is 0.748. The van der Waals surface area contributed by atoms with Crippen LogP contribution in [0.5, 0.6) is 0 Å². The molecule has 8 heteroatoms. The van der Waals surface area contributed by atoms with E-state index in [-0.39, 0.29) is 24.4 Å². The Hall–Kier alpha value is -2.22. The fourth-order valence-corrected chi connectivity index (χ4v) is 2.40. The van der Waals surface area contributed by atoms with Crippen molar-refractivity contribution in [2.75, 3.05) is 6.61 Å². The fourth-order valence-electron chi connectivity index (χ4n) is 2.40. The van der Waals surface area contributed by atoms with Crippen molar-refractivity contribution in [1.29, 1.82) is 0 Å². The number of nitrogens with zero attached hydrogens (tertiary/aromatic N) is 3. The van der Waals surface area contributed by atoms with Crippen LogP contribution in [0.3, 0.4) is 0 Å². The van der Waals surface area contributed by atoms with E-state index in [2.05, 4.69) is 9.97 Å². The Balaban J connectivity index is 2.67. The summed E-state index contributed by atoms with van der Waals surface area (Å²) in [6, 6.07) is 3.35. The molecule has 2 heterocycles. The van der Waals surface area contributed by atoms with E-state index in [1.807, 2.05) is 6.92 Å². The molecule has 1 atom stereocenters. The molecule has 0 bridgehead atoms. The number of aldehydes is 1. The summed E-state index contributed by atoms with van der Waals surface area (Å²) in [5.74, 6) is -0.0481. The summed E-state index contributed by atoms with van der Waals surface area (Å²) in [7, 11) is 0. The smallest absolute Gasteiger partial charge is 0.359 e. The Kier molecular flexibility index (Phi) is 5.38. The van der Waals surface area contributed by atoms with Crippen LogP contribution in [0.15, 0.2) is 18.3 Å². The van der Waals surface area contributed by atoms with Gasteiger partial charge in [0.1, 0.15) is 17.6 Å². The van der Waals surface area contributed by atoms with E-state index in [1.54, 1.807) is 32.2 Å². The molecule has 0 radical (unpaired) electrons. The molecule has 0 spiro atoms. The third-order valence-corrected chi connectivity index (χ3v) is 3.56. The van der Waals surface area contributed by atoms with Gasteiger partial charge in [-0.3, -0.25) is 14.3 Å². The topological polar surface area (TPSA) is 57.0 Å². The summed E-state index contributed by atoms with van der Waals surface area (Å²) in [5.41, 5.74) is -0.612. The van der Waals surface area contributed by atoms with Gasteiger partial charge < -0.3 is 4.74 Å². The second kappa shape index (κ2) is 7.12. The van der Waals surface area contributed by atoms with Crippen LogP contribution in [0, 0.1) is 0 Å². The van der Waals surface area contributed by atoms with Crippen molar-refractivity contribution in [3.63, 3.8) is 0 Å². The van der Waals surface area contributed by atoms with E-state index < -0.39 is 23.8 Å². The van der Waals surface area contributed by atoms with Crippen molar-refractivity contribution in [3.05, 3.63) is 35.3 Å². The van der Waals surface area contributed by atoms with Gasteiger partial charge in [0.05, 0.1) is 0 Å². The number of alkyl halides is 3. The number of aryl methyl sites for hydroxylation is 1. The summed E-state index contributed by atoms with van der Waals surface area (Å²) in [6.07, 6.45) is -3.06. The number of imidazole rings is 1. The van der Waals surface area contributed by atoms with Gasteiger partial charge in [-0.25, -0.2) is 4.98 Å². The minimum absolute atomic E-state index is 0.0481. The Bertz CT molecular complexity index is 709. The molecule has 5 nitrogen and oxygen atoms in total. The van der Waals surface area contributed by atoms with Crippen LogP contribution in [-0.2, 0) is 17.3 Å². The molecule has 0 saturated heterocycles. The van der Waals surface area contributed by atoms with Gasteiger partial charge in [-0.1, -0.05) is 13.0 Å². The number of rotatable bonds is 6. The van der Waals surface area contributed by atoms with Crippen LogP contribution in [0.2, 0.25) is 0 Å². The SMILES string of the molecule is CCOC(C)n1c(-c2ccc(CC)cn2)nc(C(F)(F)F)c1C=O. The average Bonchev–Trinajstić information content (AvgIpc) is 2.95. The van der Waals surface area contributed by atoms with Crippen molar-refractivity contribution >= 4 is 6.29 Å². The van der Waals surface area contributed by atoms with Gasteiger partial charge in [-0.15, -0.1) is 0 Å². The highest BCUT2D eigenvalue weighted by Crippen LogP contribution is 2.35. The maximum Gasteiger partial charge on any atom is 0.435 e. The lowest BCUT2D eigenvalue weighted by molar-refractivity contribution is -0.141. The molecular formula is C16H18F3N3O2. The lowest BCUT2D eigenvalue weighted by Crippen LogP contribution is -2.16. The number of carbonyl (C=O) groups is 1. The highest BCUT2D eigenvalue weighted by atomic mass is 19.4. The zero-order valence-electron chi connectivity index (χ0n) is 13.6. The number of halogens is 3.